The summed E-state index contributed by atoms with van der Waals surface area (Å²) >= 11 is 1.05. The van der Waals surface area contributed by atoms with Gasteiger partial charge < -0.3 is 4.74 Å². The molecule has 0 spiro atoms. The first-order valence-corrected chi connectivity index (χ1v) is 8.26. The molecule has 28 heavy (non-hydrogen) atoms. The van der Waals surface area contributed by atoms with Crippen LogP contribution < -0.4 is 9.64 Å². The summed E-state index contributed by atoms with van der Waals surface area (Å²) in [5, 5.41) is 0. The van der Waals surface area contributed by atoms with Crippen LogP contribution in [0.5, 0.6) is 5.75 Å². The van der Waals surface area contributed by atoms with E-state index in [4.69, 9.17) is 6.42 Å². The predicted molar refractivity (Wildman–Crippen MR) is 91.1 cm³/mol. The van der Waals surface area contributed by atoms with E-state index in [2.05, 4.69) is 4.74 Å². The van der Waals surface area contributed by atoms with Crippen molar-refractivity contribution < 1.29 is 40.3 Å². The molecule has 0 radical (unpaired) electrons. The lowest BCUT2D eigenvalue weighted by molar-refractivity contribution is -0.192. The van der Waals surface area contributed by atoms with Crippen LogP contribution in [0.1, 0.15) is 0 Å². The minimum Gasteiger partial charge on any atom is -0.423 e. The second kappa shape index (κ2) is 6.84. The molecule has 0 unspecified atom stereocenters. The molecule has 1 amide bonds. The molecule has 0 saturated heterocycles. The molecule has 146 valence electrons. The van der Waals surface area contributed by atoms with Gasteiger partial charge in [-0.25, -0.2) is 22.0 Å². The summed E-state index contributed by atoms with van der Waals surface area (Å²) in [5.74, 6) is -9.80. The van der Waals surface area contributed by atoms with Crippen LogP contribution in [0.25, 0.3) is 11.1 Å². The number of ether oxygens (including phenoxy) is 1. The quantitative estimate of drug-likeness (QED) is 0.193. The van der Waals surface area contributed by atoms with Gasteiger partial charge in [0, 0.05) is 11.6 Å². The smallest absolute Gasteiger partial charge is 0.423 e. The lowest BCUT2D eigenvalue weighted by atomic mass is 10.0. The zero-order valence-corrected chi connectivity index (χ0v) is 15.4. The van der Waals surface area contributed by atoms with Gasteiger partial charge in [0.25, 0.3) is 0 Å². The second-order valence-electron chi connectivity index (χ2n) is 5.46. The molecule has 0 saturated carbocycles. The number of halogens is 8. The first-order chi connectivity index (χ1) is 13.0. The van der Waals surface area contributed by atoms with E-state index < -0.39 is 73.8 Å². The Morgan fingerprint density at radius 1 is 1.07 bits per heavy atom. The van der Waals surface area contributed by atoms with Gasteiger partial charge >= 0.3 is 12.0 Å². The molecule has 2 aromatic rings. The molecule has 1 aliphatic rings. The topological polar surface area (TPSA) is 29.5 Å². The van der Waals surface area contributed by atoms with Crippen molar-refractivity contribution in [2.45, 2.75) is 6.11 Å². The van der Waals surface area contributed by atoms with E-state index in [0.717, 1.165) is 22.6 Å². The normalized spacial score (nSPS) is 15.1. The highest BCUT2D eigenvalue weighted by Gasteiger charge is 2.50. The number of benzene rings is 2. The fraction of sp³-hybridized carbons (Fsp3) is 0.118. The number of carbonyl (C=O) groups is 1. The number of rotatable bonds is 2. The molecule has 3 nitrogen and oxygen atoms in total. The number of anilines is 1. The number of hydrogen-bond donors (Lipinski definition) is 0. The third-order valence-corrected chi connectivity index (χ3v) is 4.75. The molecular weight excluding hydrogens is 510 g/mol. The van der Waals surface area contributed by atoms with Gasteiger partial charge in [-0.3, -0.25) is 9.69 Å². The van der Waals surface area contributed by atoms with Crippen LogP contribution in [0.15, 0.2) is 12.1 Å². The summed E-state index contributed by atoms with van der Waals surface area (Å²) in [4.78, 5) is 12.2. The van der Waals surface area contributed by atoms with Gasteiger partial charge in [-0.05, 0) is 28.7 Å². The third-order valence-electron chi connectivity index (χ3n) is 3.80. The first-order valence-electron chi connectivity index (χ1n) is 7.18. The molecule has 2 aromatic carbocycles. The fourth-order valence-corrected chi connectivity index (χ4v) is 3.07. The maximum absolute atomic E-state index is 14.4. The standard InChI is InChI=1S/C17H5F7INO2/c1-2-3-26-8-4-6(7(18)5-9(8)28-17(23,24)16(26)27)10-11(19)13(21)14(22)15(25)12(10)20/h1,4-5H,3H2. The van der Waals surface area contributed by atoms with Crippen molar-refractivity contribution in [1.29, 1.82) is 0 Å². The minimum atomic E-state index is -4.36. The maximum Gasteiger partial charge on any atom is 0.483 e. The van der Waals surface area contributed by atoms with Crippen molar-refractivity contribution in [3.63, 3.8) is 0 Å². The average Bonchev–Trinajstić information content (AvgIpc) is 2.63. The van der Waals surface area contributed by atoms with E-state index in [0.29, 0.717) is 17.0 Å². The largest absolute Gasteiger partial charge is 0.483 e. The fourth-order valence-electron chi connectivity index (χ4n) is 2.57. The number of amides is 1. The minimum absolute atomic E-state index is 0.335. The number of nitrogens with zero attached hydrogens (tertiary/aromatic N) is 1. The van der Waals surface area contributed by atoms with Crippen LogP contribution in [0, 0.1) is 45.0 Å². The first kappa shape index (κ1) is 20.2. The number of alkyl halides is 2. The van der Waals surface area contributed by atoms with Crippen molar-refractivity contribution in [2.24, 2.45) is 0 Å². The molecule has 1 heterocycles. The molecule has 0 atom stereocenters. The summed E-state index contributed by atoms with van der Waals surface area (Å²) in [5.41, 5.74) is -2.76. The number of hydrogen-bond acceptors (Lipinski definition) is 2. The van der Waals surface area contributed by atoms with Crippen molar-refractivity contribution in [1.82, 2.24) is 0 Å². The lowest BCUT2D eigenvalue weighted by Gasteiger charge is -2.32. The van der Waals surface area contributed by atoms with Gasteiger partial charge in [-0.15, -0.1) is 6.42 Å². The summed E-state index contributed by atoms with van der Waals surface area (Å²) in [6.07, 6.45) is 0.680. The van der Waals surface area contributed by atoms with E-state index in [1.165, 1.54) is 0 Å². The van der Waals surface area contributed by atoms with Crippen molar-refractivity contribution in [3.8, 4) is 29.2 Å². The Bertz CT molecular complexity index is 1040. The zero-order valence-electron chi connectivity index (χ0n) is 13.2. The molecule has 1 aliphatic heterocycles. The van der Waals surface area contributed by atoms with Crippen LogP contribution in [-0.4, -0.2) is 18.6 Å². The number of fused-ring (bicyclic) bond motifs is 1. The number of terminal acetylenes is 1. The summed E-state index contributed by atoms with van der Waals surface area (Å²) < 4.78 is 101. The highest BCUT2D eigenvalue weighted by atomic mass is 127. The monoisotopic (exact) mass is 515 g/mol. The average molecular weight is 515 g/mol. The van der Waals surface area contributed by atoms with E-state index in [-0.39, 0.29) is 0 Å². The molecule has 3 rings (SSSR count). The third kappa shape index (κ3) is 2.95. The summed E-state index contributed by atoms with van der Waals surface area (Å²) in [6.45, 7) is -0.698. The van der Waals surface area contributed by atoms with Gasteiger partial charge in [0.2, 0.25) is 0 Å². The molecule has 11 heteroatoms. The molecule has 0 bridgehead atoms. The maximum atomic E-state index is 14.4. The summed E-state index contributed by atoms with van der Waals surface area (Å²) in [6, 6.07) is 0.922. The van der Waals surface area contributed by atoms with Gasteiger partial charge in [-0.2, -0.15) is 8.78 Å². The Hall–Kier alpha value is -2.49. The highest BCUT2D eigenvalue weighted by Crippen LogP contribution is 2.44. The van der Waals surface area contributed by atoms with Crippen molar-refractivity contribution in [2.75, 3.05) is 11.4 Å². The summed E-state index contributed by atoms with van der Waals surface area (Å²) in [7, 11) is 0. The molecule has 0 aromatic heterocycles. The van der Waals surface area contributed by atoms with Gasteiger partial charge in [-0.1, -0.05) is 5.92 Å². The van der Waals surface area contributed by atoms with Crippen LogP contribution in [0.2, 0.25) is 0 Å². The van der Waals surface area contributed by atoms with E-state index >= 15 is 0 Å². The lowest BCUT2D eigenvalue weighted by Crippen LogP contribution is -2.51. The van der Waals surface area contributed by atoms with Gasteiger partial charge in [0.1, 0.15) is 5.82 Å². The van der Waals surface area contributed by atoms with Crippen LogP contribution in [-0.2, 0) is 4.79 Å². The van der Waals surface area contributed by atoms with Crippen LogP contribution >= 0.6 is 22.6 Å². The Balaban J connectivity index is 2.32. The van der Waals surface area contributed by atoms with E-state index in [9.17, 15) is 35.5 Å². The van der Waals surface area contributed by atoms with Crippen molar-refractivity contribution in [3.05, 3.63) is 44.8 Å². The van der Waals surface area contributed by atoms with Gasteiger partial charge in [0.05, 0.1) is 21.4 Å². The van der Waals surface area contributed by atoms with Gasteiger partial charge in [0.15, 0.2) is 29.0 Å². The SMILES string of the molecule is C#CCN1C(=O)C(F)(F)Oc2cc(F)c(-c3c(F)c(F)c(F)c(I)c3F)cc21. The van der Waals surface area contributed by atoms with Crippen LogP contribution in [0.4, 0.5) is 36.4 Å². The Kier molecular flexibility index (Phi) is 4.95. The Morgan fingerprint density at radius 3 is 2.32 bits per heavy atom. The predicted octanol–water partition coefficient (Wildman–Crippen LogP) is 4.61. The zero-order chi connectivity index (χ0) is 21.0. The molecule has 0 N–H and O–H groups in total. The van der Waals surface area contributed by atoms with E-state index in [1.54, 1.807) is 0 Å². The Labute approximate surface area is 166 Å². The molecule has 0 fully saturated rings. The van der Waals surface area contributed by atoms with Crippen LogP contribution in [0.3, 0.4) is 0 Å². The Morgan fingerprint density at radius 2 is 1.71 bits per heavy atom. The van der Waals surface area contributed by atoms with E-state index in [1.807, 2.05) is 5.92 Å². The number of carbonyl (C=O) groups excluding carboxylic acids is 1. The van der Waals surface area contributed by atoms with Crippen molar-refractivity contribution >= 4 is 34.2 Å². The highest BCUT2D eigenvalue weighted by molar-refractivity contribution is 14.1. The second-order valence-corrected chi connectivity index (χ2v) is 6.54. The molecule has 0 aliphatic carbocycles. The molecular formula is C17H5F7INO2.